The van der Waals surface area contributed by atoms with Crippen molar-refractivity contribution < 1.29 is 29.3 Å². The Morgan fingerprint density at radius 3 is 1.95 bits per heavy atom. The maximum absolute atomic E-state index is 13.5. The van der Waals surface area contributed by atoms with Crippen LogP contribution in [-0.4, -0.2) is 38.1 Å². The summed E-state index contributed by atoms with van der Waals surface area (Å²) in [6.07, 6.45) is 1.80. The Bertz CT molecular complexity index is 1630. The van der Waals surface area contributed by atoms with Crippen LogP contribution in [0.2, 0.25) is 0 Å². The van der Waals surface area contributed by atoms with Gasteiger partial charge in [0, 0.05) is 0 Å². The SMILES string of the molecule is O=C(O)c1ccc(COc2ccc(/C=C3\SC(=Nc4ccccc4)N(Cc4ccc(C(=O)O)cc4)C3=O)cc2)cc1. The molecule has 4 aromatic carbocycles. The predicted molar refractivity (Wildman–Crippen MR) is 157 cm³/mol. The summed E-state index contributed by atoms with van der Waals surface area (Å²) < 4.78 is 5.82. The zero-order valence-corrected chi connectivity index (χ0v) is 22.5. The molecule has 0 radical (unpaired) electrons. The van der Waals surface area contributed by atoms with Gasteiger partial charge in [0.1, 0.15) is 12.4 Å². The Labute approximate surface area is 240 Å². The highest BCUT2D eigenvalue weighted by Gasteiger charge is 2.33. The number of amidine groups is 1. The third-order valence-electron chi connectivity index (χ3n) is 6.19. The van der Waals surface area contributed by atoms with Gasteiger partial charge in [-0.15, -0.1) is 0 Å². The van der Waals surface area contributed by atoms with Crippen LogP contribution in [0.5, 0.6) is 5.75 Å². The molecule has 0 bridgehead atoms. The molecule has 2 N–H and O–H groups in total. The van der Waals surface area contributed by atoms with E-state index in [2.05, 4.69) is 0 Å². The first-order chi connectivity index (χ1) is 19.9. The van der Waals surface area contributed by atoms with Crippen LogP contribution in [0.15, 0.2) is 113 Å². The monoisotopic (exact) mass is 564 g/mol. The van der Waals surface area contributed by atoms with Gasteiger partial charge in [0.05, 0.1) is 28.3 Å². The van der Waals surface area contributed by atoms with Crippen molar-refractivity contribution in [3.05, 3.63) is 136 Å². The van der Waals surface area contributed by atoms with Gasteiger partial charge in [-0.3, -0.25) is 9.69 Å². The predicted octanol–water partition coefficient (Wildman–Crippen LogP) is 6.47. The van der Waals surface area contributed by atoms with Crippen LogP contribution < -0.4 is 4.74 Å². The van der Waals surface area contributed by atoms with Gasteiger partial charge < -0.3 is 14.9 Å². The molecule has 1 heterocycles. The van der Waals surface area contributed by atoms with Crippen molar-refractivity contribution in [1.82, 2.24) is 4.90 Å². The highest BCUT2D eigenvalue weighted by Crippen LogP contribution is 2.35. The third kappa shape index (κ3) is 6.90. The molecule has 9 heteroatoms. The molecule has 1 fully saturated rings. The number of thioether (sulfide) groups is 1. The largest absolute Gasteiger partial charge is 0.489 e. The standard InChI is InChI=1S/C32H24N2O6S/c35-29-28(18-21-10-16-27(17-11-21)40-20-23-8-14-25(15-9-23)31(38)39)41-32(33-26-4-2-1-3-5-26)34(29)19-22-6-12-24(13-7-22)30(36)37/h1-18H,19-20H2,(H,36,37)(H,38,39)/b28-18-,33-32?. The zero-order chi connectivity index (χ0) is 28.8. The molecule has 41 heavy (non-hydrogen) atoms. The minimum absolute atomic E-state index is 0.179. The molecule has 0 aromatic heterocycles. The van der Waals surface area contributed by atoms with E-state index in [4.69, 9.17) is 14.8 Å². The highest BCUT2D eigenvalue weighted by molar-refractivity contribution is 8.18. The van der Waals surface area contributed by atoms with Gasteiger partial charge in [0.2, 0.25) is 0 Å². The summed E-state index contributed by atoms with van der Waals surface area (Å²) in [6.45, 7) is 0.533. The molecule has 4 aromatic rings. The number of benzene rings is 4. The number of amides is 1. The van der Waals surface area contributed by atoms with Gasteiger partial charge in [-0.2, -0.15) is 0 Å². The lowest BCUT2D eigenvalue weighted by Crippen LogP contribution is -2.28. The van der Waals surface area contributed by atoms with Gasteiger partial charge >= 0.3 is 11.9 Å². The molecule has 0 saturated carbocycles. The smallest absolute Gasteiger partial charge is 0.335 e. The van der Waals surface area contributed by atoms with E-state index in [1.54, 1.807) is 35.2 Å². The fourth-order valence-corrected chi connectivity index (χ4v) is 5.00. The van der Waals surface area contributed by atoms with Gasteiger partial charge in [0.15, 0.2) is 5.17 Å². The van der Waals surface area contributed by atoms with Crippen molar-refractivity contribution in [3.63, 3.8) is 0 Å². The van der Waals surface area contributed by atoms with Gasteiger partial charge in [-0.05, 0) is 83.1 Å². The zero-order valence-electron chi connectivity index (χ0n) is 21.6. The lowest BCUT2D eigenvalue weighted by Gasteiger charge is -2.16. The minimum Gasteiger partial charge on any atom is -0.489 e. The summed E-state index contributed by atoms with van der Waals surface area (Å²) in [7, 11) is 0. The average Bonchev–Trinajstić information content (AvgIpc) is 3.26. The Balaban J connectivity index is 1.32. The van der Waals surface area contributed by atoms with E-state index in [0.29, 0.717) is 15.8 Å². The van der Waals surface area contributed by atoms with E-state index < -0.39 is 11.9 Å². The van der Waals surface area contributed by atoms with Crippen molar-refractivity contribution in [1.29, 1.82) is 0 Å². The van der Waals surface area contributed by atoms with E-state index in [1.807, 2.05) is 54.6 Å². The first-order valence-electron chi connectivity index (χ1n) is 12.6. The van der Waals surface area contributed by atoms with Gasteiger partial charge in [-0.1, -0.05) is 54.6 Å². The Hall–Kier alpha value is -5.15. The van der Waals surface area contributed by atoms with Crippen LogP contribution in [0.3, 0.4) is 0 Å². The molecule has 5 rings (SSSR count). The summed E-state index contributed by atoms with van der Waals surface area (Å²) in [4.78, 5) is 42.5. The highest BCUT2D eigenvalue weighted by atomic mass is 32.2. The molecule has 0 atom stereocenters. The van der Waals surface area contributed by atoms with Crippen LogP contribution in [0, 0.1) is 0 Å². The molecule has 1 saturated heterocycles. The summed E-state index contributed by atoms with van der Waals surface area (Å²) in [5.74, 6) is -1.54. The number of hydrogen-bond donors (Lipinski definition) is 2. The molecule has 1 aliphatic rings. The Morgan fingerprint density at radius 1 is 0.780 bits per heavy atom. The fraction of sp³-hybridized carbons (Fsp3) is 0.0625. The third-order valence-corrected chi connectivity index (χ3v) is 7.20. The summed E-state index contributed by atoms with van der Waals surface area (Å²) in [5.41, 5.74) is 3.55. The van der Waals surface area contributed by atoms with Crippen LogP contribution in [0.4, 0.5) is 5.69 Å². The van der Waals surface area contributed by atoms with E-state index in [1.165, 1.54) is 36.0 Å². The van der Waals surface area contributed by atoms with Crippen molar-refractivity contribution in [2.75, 3.05) is 0 Å². The van der Waals surface area contributed by atoms with Crippen LogP contribution in [0.25, 0.3) is 6.08 Å². The number of carboxylic acids is 2. The van der Waals surface area contributed by atoms with Crippen molar-refractivity contribution in [2.45, 2.75) is 13.2 Å². The second-order valence-electron chi connectivity index (χ2n) is 9.09. The number of para-hydroxylation sites is 1. The Kier molecular flexibility index (Phi) is 8.26. The van der Waals surface area contributed by atoms with E-state index in [9.17, 15) is 19.5 Å². The van der Waals surface area contributed by atoms with E-state index in [-0.39, 0.29) is 30.2 Å². The number of nitrogens with zero attached hydrogens (tertiary/aromatic N) is 2. The second-order valence-corrected chi connectivity index (χ2v) is 10.1. The topological polar surface area (TPSA) is 116 Å². The number of carboxylic acid groups (broad SMARTS) is 2. The molecule has 0 aliphatic carbocycles. The first-order valence-corrected chi connectivity index (χ1v) is 13.4. The number of carbonyl (C=O) groups is 3. The van der Waals surface area contributed by atoms with Crippen molar-refractivity contribution in [2.24, 2.45) is 4.99 Å². The number of hydrogen-bond acceptors (Lipinski definition) is 6. The maximum atomic E-state index is 13.5. The minimum atomic E-state index is -1.01. The molecule has 0 spiro atoms. The number of ether oxygens (including phenoxy) is 1. The van der Waals surface area contributed by atoms with Crippen molar-refractivity contribution in [3.8, 4) is 5.75 Å². The molecule has 204 valence electrons. The molecular weight excluding hydrogens is 540 g/mol. The number of rotatable bonds is 9. The molecule has 0 unspecified atom stereocenters. The maximum Gasteiger partial charge on any atom is 0.335 e. The number of aliphatic imine (C=N–C) groups is 1. The van der Waals surface area contributed by atoms with Gasteiger partial charge in [-0.25, -0.2) is 14.6 Å². The van der Waals surface area contributed by atoms with Crippen molar-refractivity contribution >= 4 is 46.5 Å². The van der Waals surface area contributed by atoms with Crippen LogP contribution in [-0.2, 0) is 17.9 Å². The van der Waals surface area contributed by atoms with E-state index >= 15 is 0 Å². The fourth-order valence-electron chi connectivity index (χ4n) is 4.00. The number of carbonyl (C=O) groups excluding carboxylic acids is 1. The Morgan fingerprint density at radius 2 is 1.37 bits per heavy atom. The quantitative estimate of drug-likeness (QED) is 0.224. The van der Waals surface area contributed by atoms with E-state index in [0.717, 1.165) is 22.4 Å². The first kappa shape index (κ1) is 27.4. The second kappa shape index (κ2) is 12.4. The molecular formula is C32H24N2O6S. The lowest BCUT2D eigenvalue weighted by atomic mass is 10.1. The molecule has 8 nitrogen and oxygen atoms in total. The normalized spacial score (nSPS) is 14.9. The average molecular weight is 565 g/mol. The summed E-state index contributed by atoms with van der Waals surface area (Å²) in [6, 6.07) is 29.6. The lowest BCUT2D eigenvalue weighted by molar-refractivity contribution is -0.122. The molecule has 1 amide bonds. The summed E-state index contributed by atoms with van der Waals surface area (Å²) >= 11 is 1.28. The van der Waals surface area contributed by atoms with Crippen LogP contribution in [0.1, 0.15) is 37.4 Å². The summed E-state index contributed by atoms with van der Waals surface area (Å²) in [5, 5.41) is 18.7. The van der Waals surface area contributed by atoms with Gasteiger partial charge in [0.25, 0.3) is 5.91 Å². The number of aromatic carboxylic acids is 2. The molecule has 1 aliphatic heterocycles. The van der Waals surface area contributed by atoms with Crippen LogP contribution >= 0.6 is 11.8 Å².